The predicted octanol–water partition coefficient (Wildman–Crippen LogP) is 1.05. The van der Waals surface area contributed by atoms with Crippen LogP contribution in [0.4, 0.5) is 5.69 Å². The number of amides is 1. The van der Waals surface area contributed by atoms with Crippen LogP contribution >= 0.6 is 0 Å². The van der Waals surface area contributed by atoms with Crippen LogP contribution in [-0.4, -0.2) is 67.8 Å². The highest BCUT2D eigenvalue weighted by molar-refractivity contribution is 6.01. The van der Waals surface area contributed by atoms with Gasteiger partial charge in [-0.2, -0.15) is 0 Å². The molecule has 1 aliphatic heterocycles. The third-order valence-corrected chi connectivity index (χ3v) is 5.53. The Balaban J connectivity index is 1.63. The third-order valence-electron chi connectivity index (χ3n) is 5.53. The Morgan fingerprint density at radius 2 is 1.64 bits per heavy atom. The third kappa shape index (κ3) is 5.24. The first-order valence-corrected chi connectivity index (χ1v) is 10.7. The minimum atomic E-state index is -0.490. The highest BCUT2D eigenvalue weighted by Crippen LogP contribution is 2.16. The SMILES string of the molecule is COc1ccc(NC(=O)c2c(=O)n(-c3ccc(OC)cc3)[nH][n+]2CCN2CCOCC2)cc1. The number of aromatic nitrogens is 3. The van der Waals surface area contributed by atoms with Crippen LogP contribution in [0.1, 0.15) is 10.5 Å². The van der Waals surface area contributed by atoms with Gasteiger partial charge in [0.1, 0.15) is 18.0 Å². The molecule has 0 bridgehead atoms. The second-order valence-corrected chi connectivity index (χ2v) is 7.58. The van der Waals surface area contributed by atoms with E-state index in [4.69, 9.17) is 14.2 Å². The number of nitrogens with one attached hydrogen (secondary N) is 2. The molecule has 2 aromatic carbocycles. The van der Waals surface area contributed by atoms with Crippen LogP contribution in [0.3, 0.4) is 0 Å². The number of anilines is 1. The number of carbonyl (C=O) groups is 1. The van der Waals surface area contributed by atoms with Crippen LogP contribution in [0.15, 0.2) is 53.3 Å². The minimum Gasteiger partial charge on any atom is -0.497 e. The van der Waals surface area contributed by atoms with E-state index in [0.29, 0.717) is 49.2 Å². The van der Waals surface area contributed by atoms with E-state index in [1.165, 1.54) is 4.68 Å². The van der Waals surface area contributed by atoms with Crippen LogP contribution in [0.25, 0.3) is 5.69 Å². The maximum Gasteiger partial charge on any atom is 0.411 e. The van der Waals surface area contributed by atoms with Gasteiger partial charge in [0.05, 0.1) is 27.4 Å². The van der Waals surface area contributed by atoms with Crippen molar-refractivity contribution in [2.75, 3.05) is 52.4 Å². The second-order valence-electron chi connectivity index (χ2n) is 7.58. The van der Waals surface area contributed by atoms with Crippen molar-refractivity contribution < 1.29 is 23.7 Å². The van der Waals surface area contributed by atoms with Gasteiger partial charge >= 0.3 is 17.2 Å². The number of aromatic amines is 1. The summed E-state index contributed by atoms with van der Waals surface area (Å²) in [5.41, 5.74) is 0.754. The van der Waals surface area contributed by atoms with Gasteiger partial charge in [-0.15, -0.1) is 4.68 Å². The summed E-state index contributed by atoms with van der Waals surface area (Å²) in [4.78, 5) is 28.7. The summed E-state index contributed by atoms with van der Waals surface area (Å²) in [5, 5.41) is 5.88. The van der Waals surface area contributed by atoms with Gasteiger partial charge in [0, 0.05) is 25.3 Å². The average Bonchev–Trinajstić information content (AvgIpc) is 3.20. The van der Waals surface area contributed by atoms with Crippen molar-refractivity contribution in [3.8, 4) is 17.2 Å². The fourth-order valence-electron chi connectivity index (χ4n) is 3.66. The fraction of sp³-hybridized carbons (Fsp3) is 0.348. The summed E-state index contributed by atoms with van der Waals surface area (Å²) in [5.74, 6) is 0.865. The zero-order valence-corrected chi connectivity index (χ0v) is 18.7. The number of methoxy groups -OCH3 is 2. The summed E-state index contributed by atoms with van der Waals surface area (Å²) < 4.78 is 18.7. The van der Waals surface area contributed by atoms with E-state index in [9.17, 15) is 9.59 Å². The molecule has 10 nitrogen and oxygen atoms in total. The van der Waals surface area contributed by atoms with E-state index in [1.807, 2.05) is 0 Å². The smallest absolute Gasteiger partial charge is 0.411 e. The van der Waals surface area contributed by atoms with Crippen LogP contribution in [0, 0.1) is 0 Å². The van der Waals surface area contributed by atoms with Gasteiger partial charge in [-0.05, 0) is 48.5 Å². The molecule has 0 saturated carbocycles. The monoisotopic (exact) mass is 454 g/mol. The number of carbonyl (C=O) groups excluding carboxylic acids is 1. The molecule has 33 heavy (non-hydrogen) atoms. The summed E-state index contributed by atoms with van der Waals surface area (Å²) in [6.07, 6.45) is 0. The number of benzene rings is 2. The first-order chi connectivity index (χ1) is 16.1. The molecule has 0 aliphatic carbocycles. The summed E-state index contributed by atoms with van der Waals surface area (Å²) in [6, 6.07) is 14.0. The zero-order chi connectivity index (χ0) is 23.2. The van der Waals surface area contributed by atoms with Crippen molar-refractivity contribution in [2.45, 2.75) is 6.54 Å². The van der Waals surface area contributed by atoms with Gasteiger partial charge in [0.2, 0.25) is 0 Å². The van der Waals surface area contributed by atoms with Crippen molar-refractivity contribution in [2.24, 2.45) is 0 Å². The molecule has 0 radical (unpaired) electrons. The minimum absolute atomic E-state index is 0.0231. The number of ether oxygens (including phenoxy) is 3. The molecular formula is C23H28N5O5+. The van der Waals surface area contributed by atoms with Crippen molar-refractivity contribution in [1.29, 1.82) is 0 Å². The lowest BCUT2D eigenvalue weighted by Crippen LogP contribution is -2.50. The van der Waals surface area contributed by atoms with Crippen molar-refractivity contribution in [1.82, 2.24) is 14.8 Å². The van der Waals surface area contributed by atoms with E-state index in [0.717, 1.165) is 13.1 Å². The Kier molecular flexibility index (Phi) is 7.06. The molecule has 1 saturated heterocycles. The van der Waals surface area contributed by atoms with E-state index < -0.39 is 11.5 Å². The number of rotatable bonds is 8. The number of H-pyrrole nitrogens is 1. The molecule has 1 amide bonds. The first kappa shape index (κ1) is 22.6. The number of nitrogens with zero attached hydrogens (tertiary/aromatic N) is 3. The normalized spacial score (nSPS) is 14.1. The first-order valence-electron chi connectivity index (χ1n) is 10.7. The molecule has 0 atom stereocenters. The molecule has 1 aromatic heterocycles. The molecule has 1 aliphatic rings. The molecule has 174 valence electrons. The summed E-state index contributed by atoms with van der Waals surface area (Å²) in [7, 11) is 3.16. The topological polar surface area (TPSA) is 102 Å². The van der Waals surface area contributed by atoms with E-state index >= 15 is 0 Å². The summed E-state index contributed by atoms with van der Waals surface area (Å²) >= 11 is 0. The fourth-order valence-corrected chi connectivity index (χ4v) is 3.66. The number of hydrogen-bond donors (Lipinski definition) is 2. The van der Waals surface area contributed by atoms with E-state index in [-0.39, 0.29) is 5.69 Å². The standard InChI is InChI=1S/C23H27N5O5/c1-31-19-7-3-17(4-8-19)24-22(29)21-23(30)28(18-5-9-20(32-2)10-6-18)25-27(21)12-11-26-13-15-33-16-14-26/h3-10H,11-16H2,1-2H3,(H-,24,25,29,30)/p+1. The van der Waals surface area contributed by atoms with Gasteiger partial charge in [-0.25, -0.2) is 4.79 Å². The van der Waals surface area contributed by atoms with Gasteiger partial charge in [0.25, 0.3) is 0 Å². The molecule has 10 heteroatoms. The second kappa shape index (κ2) is 10.3. The highest BCUT2D eigenvalue weighted by Gasteiger charge is 2.29. The zero-order valence-electron chi connectivity index (χ0n) is 18.7. The van der Waals surface area contributed by atoms with Crippen LogP contribution in [-0.2, 0) is 11.3 Å². The highest BCUT2D eigenvalue weighted by atomic mass is 16.5. The lowest BCUT2D eigenvalue weighted by atomic mass is 10.3. The Hall–Kier alpha value is -3.63. The Morgan fingerprint density at radius 1 is 1.03 bits per heavy atom. The van der Waals surface area contributed by atoms with Crippen LogP contribution in [0.5, 0.6) is 11.5 Å². The molecule has 1 fully saturated rings. The maximum absolute atomic E-state index is 13.3. The molecular weight excluding hydrogens is 426 g/mol. The Bertz CT molecular complexity index is 1130. The molecule has 3 aromatic rings. The quantitative estimate of drug-likeness (QED) is 0.494. The molecule has 2 heterocycles. The maximum atomic E-state index is 13.3. The van der Waals surface area contributed by atoms with Crippen LogP contribution in [0.2, 0.25) is 0 Å². The molecule has 0 unspecified atom stereocenters. The van der Waals surface area contributed by atoms with E-state index in [1.54, 1.807) is 67.4 Å². The van der Waals surface area contributed by atoms with Crippen LogP contribution < -0.4 is 25.0 Å². The van der Waals surface area contributed by atoms with Gasteiger partial charge in [-0.1, -0.05) is 9.90 Å². The average molecular weight is 455 g/mol. The summed E-state index contributed by atoms with van der Waals surface area (Å²) in [6.45, 7) is 4.12. The van der Waals surface area contributed by atoms with Crippen molar-refractivity contribution in [3.63, 3.8) is 0 Å². The van der Waals surface area contributed by atoms with E-state index in [2.05, 4.69) is 15.4 Å². The largest absolute Gasteiger partial charge is 0.497 e. The molecule has 4 rings (SSSR count). The molecule has 0 spiro atoms. The predicted molar refractivity (Wildman–Crippen MR) is 121 cm³/mol. The van der Waals surface area contributed by atoms with Gasteiger partial charge < -0.3 is 19.5 Å². The lowest BCUT2D eigenvalue weighted by Gasteiger charge is -2.25. The van der Waals surface area contributed by atoms with Crippen molar-refractivity contribution >= 4 is 11.6 Å². The number of morpholine rings is 1. The Morgan fingerprint density at radius 3 is 2.24 bits per heavy atom. The lowest BCUT2D eigenvalue weighted by molar-refractivity contribution is -0.755. The van der Waals surface area contributed by atoms with Gasteiger partial charge in [-0.3, -0.25) is 9.69 Å². The Labute approximate surface area is 191 Å². The number of hydrogen-bond acceptors (Lipinski definition) is 6. The van der Waals surface area contributed by atoms with Crippen molar-refractivity contribution in [3.05, 3.63) is 64.6 Å². The molecule has 2 N–H and O–H groups in total. The van der Waals surface area contributed by atoms with Gasteiger partial charge in [0.15, 0.2) is 5.69 Å².